The van der Waals surface area contributed by atoms with Gasteiger partial charge in [-0.05, 0) is 31.0 Å². The largest absolute Gasteiger partial charge is 0.465 e. The second-order valence-corrected chi connectivity index (χ2v) is 6.38. The van der Waals surface area contributed by atoms with Crippen LogP contribution in [0.3, 0.4) is 0 Å². The van der Waals surface area contributed by atoms with E-state index in [-0.39, 0.29) is 6.04 Å². The summed E-state index contributed by atoms with van der Waals surface area (Å²) in [6, 6.07) is 7.35. The summed E-state index contributed by atoms with van der Waals surface area (Å²) in [6.07, 6.45) is 5.81. The van der Waals surface area contributed by atoms with Crippen molar-refractivity contribution >= 4 is 17.6 Å². The Kier molecular flexibility index (Phi) is 4.30. The Morgan fingerprint density at radius 3 is 3.04 bits per heavy atom. The van der Waals surface area contributed by atoms with Crippen LogP contribution in [0.5, 0.6) is 0 Å². The highest BCUT2D eigenvalue weighted by Crippen LogP contribution is 2.20. The maximum atomic E-state index is 11.2. The fourth-order valence-corrected chi connectivity index (χ4v) is 3.25. The molecular formula is C18H17N7O2. The van der Waals surface area contributed by atoms with Gasteiger partial charge in [0.25, 0.3) is 0 Å². The number of amides is 1. The van der Waals surface area contributed by atoms with Crippen LogP contribution in [0.4, 0.5) is 10.6 Å². The lowest BCUT2D eigenvalue weighted by molar-refractivity contribution is 0.133. The SMILES string of the molecule is N#Cc1ccc2ncc(-c3nccc(N[C@H]4CCCN(C(=O)O)C4)n3)n2c1. The van der Waals surface area contributed by atoms with Crippen LogP contribution in [0, 0.1) is 11.3 Å². The fourth-order valence-electron chi connectivity index (χ4n) is 3.25. The molecule has 1 atom stereocenters. The molecule has 1 amide bonds. The van der Waals surface area contributed by atoms with Gasteiger partial charge in [0.05, 0.1) is 11.8 Å². The molecule has 1 fully saturated rings. The monoisotopic (exact) mass is 363 g/mol. The predicted molar refractivity (Wildman–Crippen MR) is 97.2 cm³/mol. The number of nitriles is 1. The minimum Gasteiger partial charge on any atom is -0.465 e. The summed E-state index contributed by atoms with van der Waals surface area (Å²) in [5, 5.41) is 21.6. The minimum absolute atomic E-state index is 0.00461. The number of anilines is 1. The number of rotatable bonds is 3. The minimum atomic E-state index is -0.899. The second kappa shape index (κ2) is 6.92. The van der Waals surface area contributed by atoms with Crippen molar-refractivity contribution < 1.29 is 9.90 Å². The summed E-state index contributed by atoms with van der Waals surface area (Å²) in [5.41, 5.74) is 1.91. The van der Waals surface area contributed by atoms with Gasteiger partial charge in [0.2, 0.25) is 0 Å². The maximum absolute atomic E-state index is 11.2. The van der Waals surface area contributed by atoms with E-state index in [0.29, 0.717) is 41.6 Å². The highest BCUT2D eigenvalue weighted by molar-refractivity contribution is 5.65. The molecule has 4 rings (SSSR count). The number of carboxylic acid groups (broad SMARTS) is 1. The van der Waals surface area contributed by atoms with Gasteiger partial charge in [0.1, 0.15) is 23.2 Å². The van der Waals surface area contributed by atoms with Crippen LogP contribution in [0.15, 0.2) is 36.8 Å². The van der Waals surface area contributed by atoms with E-state index in [2.05, 4.69) is 26.3 Å². The summed E-state index contributed by atoms with van der Waals surface area (Å²) in [5.74, 6) is 1.11. The van der Waals surface area contributed by atoms with E-state index in [4.69, 9.17) is 5.26 Å². The Balaban J connectivity index is 1.60. The zero-order chi connectivity index (χ0) is 18.8. The lowest BCUT2D eigenvalue weighted by atomic mass is 10.1. The van der Waals surface area contributed by atoms with Gasteiger partial charge in [-0.2, -0.15) is 5.26 Å². The third-order valence-electron chi connectivity index (χ3n) is 4.56. The van der Waals surface area contributed by atoms with Gasteiger partial charge in [0.15, 0.2) is 5.82 Å². The molecule has 9 heteroatoms. The second-order valence-electron chi connectivity index (χ2n) is 6.38. The number of nitrogens with zero attached hydrogens (tertiary/aromatic N) is 6. The molecule has 0 aliphatic carbocycles. The van der Waals surface area contributed by atoms with Crippen LogP contribution in [0.25, 0.3) is 17.2 Å². The van der Waals surface area contributed by atoms with Crippen molar-refractivity contribution in [3.8, 4) is 17.6 Å². The number of hydrogen-bond acceptors (Lipinski definition) is 6. The number of imidazole rings is 1. The Bertz CT molecular complexity index is 1040. The molecule has 2 N–H and O–H groups in total. The van der Waals surface area contributed by atoms with Crippen molar-refractivity contribution in [1.29, 1.82) is 5.26 Å². The van der Waals surface area contributed by atoms with Crippen LogP contribution in [-0.2, 0) is 0 Å². The molecule has 136 valence electrons. The van der Waals surface area contributed by atoms with E-state index in [1.165, 1.54) is 4.90 Å². The van der Waals surface area contributed by atoms with Crippen molar-refractivity contribution in [2.24, 2.45) is 0 Å². The Labute approximate surface area is 154 Å². The molecule has 27 heavy (non-hydrogen) atoms. The normalized spacial score (nSPS) is 16.9. The van der Waals surface area contributed by atoms with Crippen molar-refractivity contribution in [1.82, 2.24) is 24.3 Å². The average Bonchev–Trinajstić information content (AvgIpc) is 3.11. The molecule has 0 radical (unpaired) electrons. The first kappa shape index (κ1) is 16.8. The summed E-state index contributed by atoms with van der Waals surface area (Å²) < 4.78 is 1.78. The van der Waals surface area contributed by atoms with E-state index >= 15 is 0 Å². The Morgan fingerprint density at radius 2 is 2.22 bits per heavy atom. The maximum Gasteiger partial charge on any atom is 0.407 e. The van der Waals surface area contributed by atoms with E-state index in [0.717, 1.165) is 12.8 Å². The van der Waals surface area contributed by atoms with Crippen LogP contribution >= 0.6 is 0 Å². The van der Waals surface area contributed by atoms with E-state index in [1.54, 1.807) is 41.2 Å². The standard InChI is InChI=1S/C18H17N7O2/c19-8-12-3-4-16-21-9-14(25(16)10-12)17-20-6-5-15(23-17)22-13-2-1-7-24(11-13)18(26)27/h3-6,9-10,13H,1-2,7,11H2,(H,26,27)(H,20,22,23)/t13-/m0/s1. The number of piperidine rings is 1. The molecule has 1 aliphatic rings. The van der Waals surface area contributed by atoms with Crippen molar-refractivity contribution in [2.75, 3.05) is 18.4 Å². The third kappa shape index (κ3) is 3.37. The van der Waals surface area contributed by atoms with Crippen molar-refractivity contribution in [2.45, 2.75) is 18.9 Å². The zero-order valence-corrected chi connectivity index (χ0v) is 14.4. The molecule has 0 spiro atoms. The molecule has 0 saturated carbocycles. The molecule has 9 nitrogen and oxygen atoms in total. The van der Waals surface area contributed by atoms with E-state index < -0.39 is 6.09 Å². The van der Waals surface area contributed by atoms with Gasteiger partial charge in [-0.15, -0.1) is 0 Å². The smallest absolute Gasteiger partial charge is 0.407 e. The molecule has 1 saturated heterocycles. The van der Waals surface area contributed by atoms with Crippen LogP contribution < -0.4 is 5.32 Å². The van der Waals surface area contributed by atoms with Crippen LogP contribution in [-0.4, -0.2) is 54.6 Å². The number of fused-ring (bicyclic) bond motifs is 1. The summed E-state index contributed by atoms with van der Waals surface area (Å²) in [6.45, 7) is 0.987. The first-order valence-corrected chi connectivity index (χ1v) is 8.59. The van der Waals surface area contributed by atoms with Crippen LogP contribution in [0.2, 0.25) is 0 Å². The van der Waals surface area contributed by atoms with Gasteiger partial charge in [-0.25, -0.2) is 19.7 Å². The highest BCUT2D eigenvalue weighted by atomic mass is 16.4. The molecule has 0 aromatic carbocycles. The highest BCUT2D eigenvalue weighted by Gasteiger charge is 2.23. The number of nitrogens with one attached hydrogen (secondary N) is 1. The molecule has 3 aromatic rings. The fraction of sp³-hybridized carbons (Fsp3) is 0.278. The van der Waals surface area contributed by atoms with Gasteiger partial charge < -0.3 is 15.3 Å². The Hall–Kier alpha value is -3.67. The number of hydrogen-bond donors (Lipinski definition) is 2. The van der Waals surface area contributed by atoms with E-state index in [9.17, 15) is 9.90 Å². The average molecular weight is 363 g/mol. The predicted octanol–water partition coefficient (Wildman–Crippen LogP) is 2.22. The number of aromatic nitrogens is 4. The summed E-state index contributed by atoms with van der Waals surface area (Å²) in [7, 11) is 0. The van der Waals surface area contributed by atoms with Crippen molar-refractivity contribution in [3.63, 3.8) is 0 Å². The van der Waals surface area contributed by atoms with Gasteiger partial charge in [-0.1, -0.05) is 0 Å². The molecule has 0 bridgehead atoms. The third-order valence-corrected chi connectivity index (χ3v) is 4.56. The van der Waals surface area contributed by atoms with Gasteiger partial charge in [0, 0.05) is 31.5 Å². The van der Waals surface area contributed by atoms with Gasteiger partial charge >= 0.3 is 6.09 Å². The first-order valence-electron chi connectivity index (χ1n) is 8.59. The quantitative estimate of drug-likeness (QED) is 0.732. The molecule has 4 heterocycles. The zero-order valence-electron chi connectivity index (χ0n) is 14.4. The first-order chi connectivity index (χ1) is 13.1. The lowest BCUT2D eigenvalue weighted by Gasteiger charge is -2.31. The molecular weight excluding hydrogens is 346 g/mol. The molecule has 3 aromatic heterocycles. The van der Waals surface area contributed by atoms with Gasteiger partial charge in [-0.3, -0.25) is 4.40 Å². The number of pyridine rings is 1. The van der Waals surface area contributed by atoms with Crippen LogP contribution in [0.1, 0.15) is 18.4 Å². The topological polar surface area (TPSA) is 119 Å². The van der Waals surface area contributed by atoms with E-state index in [1.807, 2.05) is 0 Å². The van der Waals surface area contributed by atoms with Crippen molar-refractivity contribution in [3.05, 3.63) is 42.4 Å². The summed E-state index contributed by atoms with van der Waals surface area (Å²) in [4.78, 5) is 25.8. The number of likely N-dealkylation sites (tertiary alicyclic amines) is 1. The lowest BCUT2D eigenvalue weighted by Crippen LogP contribution is -2.44. The Morgan fingerprint density at radius 1 is 1.33 bits per heavy atom. The summed E-state index contributed by atoms with van der Waals surface area (Å²) >= 11 is 0. The molecule has 0 unspecified atom stereocenters. The number of carbonyl (C=O) groups is 1. The molecule has 1 aliphatic heterocycles.